The second-order valence-corrected chi connectivity index (χ2v) is 8.15. The molecule has 0 saturated carbocycles. The Balaban J connectivity index is 1.54. The van der Waals surface area contributed by atoms with Gasteiger partial charge in [-0.25, -0.2) is 9.99 Å². The van der Waals surface area contributed by atoms with E-state index in [0.29, 0.717) is 23.1 Å². The summed E-state index contributed by atoms with van der Waals surface area (Å²) in [5.74, 6) is -0.656. The summed E-state index contributed by atoms with van der Waals surface area (Å²) in [5.41, 5.74) is 3.92. The highest BCUT2D eigenvalue weighted by atomic mass is 32.1. The number of rotatable bonds is 4. The quantitative estimate of drug-likeness (QED) is 0.534. The zero-order valence-corrected chi connectivity index (χ0v) is 17.6. The van der Waals surface area contributed by atoms with E-state index in [1.165, 1.54) is 16.3 Å². The van der Waals surface area contributed by atoms with Crippen molar-refractivity contribution in [2.45, 2.75) is 13.5 Å². The van der Waals surface area contributed by atoms with E-state index in [1.54, 1.807) is 0 Å². The van der Waals surface area contributed by atoms with Crippen LogP contribution in [0.5, 0.6) is 0 Å². The molecule has 1 aliphatic heterocycles. The maximum Gasteiger partial charge on any atom is 0.291 e. The van der Waals surface area contributed by atoms with Gasteiger partial charge >= 0.3 is 0 Å². The minimum atomic E-state index is -0.344. The van der Waals surface area contributed by atoms with Gasteiger partial charge in [0, 0.05) is 16.3 Å². The van der Waals surface area contributed by atoms with Gasteiger partial charge in [-0.2, -0.15) is 5.10 Å². The molecule has 0 aliphatic carbocycles. The number of carbonyl (C=O) groups is 2. The molecule has 154 valence electrons. The lowest BCUT2D eigenvalue weighted by atomic mass is 10.1. The third kappa shape index (κ3) is 3.73. The highest BCUT2D eigenvalue weighted by molar-refractivity contribution is 7.13. The molecule has 1 aliphatic rings. The Morgan fingerprint density at radius 1 is 1.13 bits per heavy atom. The second-order valence-electron chi connectivity index (χ2n) is 7.29. The molecule has 2 amide bonds. The van der Waals surface area contributed by atoms with E-state index in [0.717, 1.165) is 22.2 Å². The number of anilines is 1. The van der Waals surface area contributed by atoms with E-state index in [1.807, 2.05) is 77.5 Å². The lowest BCUT2D eigenvalue weighted by Gasteiger charge is -2.15. The number of hydrazone groups is 1. The Labute approximate surface area is 182 Å². The Bertz CT molecular complexity index is 1320. The zero-order chi connectivity index (χ0) is 21.4. The van der Waals surface area contributed by atoms with Crippen molar-refractivity contribution in [3.05, 3.63) is 83.0 Å². The van der Waals surface area contributed by atoms with Gasteiger partial charge in [0.25, 0.3) is 5.91 Å². The van der Waals surface area contributed by atoms with Crippen LogP contribution in [-0.4, -0.2) is 38.6 Å². The molecule has 0 fully saturated rings. The lowest BCUT2D eigenvalue weighted by Crippen LogP contribution is -2.34. The number of aryl methyl sites for hydroxylation is 1. The number of para-hydroxylation sites is 1. The summed E-state index contributed by atoms with van der Waals surface area (Å²) >= 11 is 1.35. The van der Waals surface area contributed by atoms with Crippen molar-refractivity contribution in [3.63, 3.8) is 0 Å². The molecule has 5 rings (SSSR count). The number of aromatic nitrogens is 2. The fourth-order valence-corrected chi connectivity index (χ4v) is 4.36. The molecule has 8 heteroatoms. The Morgan fingerprint density at radius 2 is 1.90 bits per heavy atom. The van der Waals surface area contributed by atoms with Crippen LogP contribution in [0.3, 0.4) is 0 Å². The molecule has 3 heterocycles. The van der Waals surface area contributed by atoms with Crippen molar-refractivity contribution < 1.29 is 9.59 Å². The molecule has 1 N–H and O–H groups in total. The molecule has 0 radical (unpaired) electrons. The first-order chi connectivity index (χ1) is 15.1. The second kappa shape index (κ2) is 7.81. The summed E-state index contributed by atoms with van der Waals surface area (Å²) < 4.78 is 1.96. The summed E-state index contributed by atoms with van der Waals surface area (Å²) in [5, 5.41) is 11.9. The molecule has 31 heavy (non-hydrogen) atoms. The van der Waals surface area contributed by atoms with Crippen molar-refractivity contribution >= 4 is 44.9 Å². The Hall–Kier alpha value is -3.78. The van der Waals surface area contributed by atoms with Crippen molar-refractivity contribution in [1.29, 1.82) is 0 Å². The predicted molar refractivity (Wildman–Crippen MR) is 121 cm³/mol. The number of hydrogen-bond acceptors (Lipinski definition) is 5. The monoisotopic (exact) mass is 429 g/mol. The number of benzene rings is 2. The normalized spacial score (nSPS) is 13.6. The van der Waals surface area contributed by atoms with E-state index in [9.17, 15) is 9.59 Å². The molecule has 7 nitrogen and oxygen atoms in total. The molecule has 0 spiro atoms. The topological polar surface area (TPSA) is 79.6 Å². The standard InChI is InChI=1S/C23H19N5O2S/c1-15-14-31-23(24-15)25-21(29)13-28-22(30)20-11-17-9-5-6-10-19(17)27(20)12-18(26-28)16-7-3-2-4-8-16/h2-11,14H,12-13H2,1H3,(H,24,25,29). The number of fused-ring (bicyclic) bond motifs is 3. The van der Waals surface area contributed by atoms with Gasteiger partial charge < -0.3 is 9.88 Å². The van der Waals surface area contributed by atoms with Gasteiger partial charge in [0.2, 0.25) is 5.91 Å². The van der Waals surface area contributed by atoms with Crippen LogP contribution in [0.25, 0.3) is 10.9 Å². The maximum absolute atomic E-state index is 13.4. The van der Waals surface area contributed by atoms with Crippen molar-refractivity contribution in [2.75, 3.05) is 11.9 Å². The molecular weight excluding hydrogens is 410 g/mol. The smallest absolute Gasteiger partial charge is 0.291 e. The number of thiazole rings is 1. The maximum atomic E-state index is 13.4. The van der Waals surface area contributed by atoms with Crippen LogP contribution >= 0.6 is 11.3 Å². The molecule has 0 atom stereocenters. The van der Waals surface area contributed by atoms with Crippen molar-refractivity contribution in [2.24, 2.45) is 5.10 Å². The van der Waals surface area contributed by atoms with E-state index in [-0.39, 0.29) is 18.4 Å². The van der Waals surface area contributed by atoms with Gasteiger partial charge in [0.1, 0.15) is 12.2 Å². The highest BCUT2D eigenvalue weighted by Crippen LogP contribution is 2.25. The minimum absolute atomic E-state index is 0.199. The molecular formula is C23H19N5O2S. The first kappa shape index (κ1) is 19.2. The van der Waals surface area contributed by atoms with Crippen LogP contribution in [0.2, 0.25) is 0 Å². The first-order valence-electron chi connectivity index (χ1n) is 9.83. The largest absolute Gasteiger partial charge is 0.330 e. The third-order valence-electron chi connectivity index (χ3n) is 5.08. The van der Waals surface area contributed by atoms with Crippen LogP contribution in [0.1, 0.15) is 21.7 Å². The fraction of sp³-hybridized carbons (Fsp3) is 0.130. The molecule has 0 bridgehead atoms. The van der Waals surface area contributed by atoms with Crippen LogP contribution in [0, 0.1) is 6.92 Å². The van der Waals surface area contributed by atoms with Gasteiger partial charge in [-0.15, -0.1) is 11.3 Å². The SMILES string of the molecule is Cc1csc(NC(=O)CN2N=C(c3ccccc3)Cn3c(cc4ccccc43)C2=O)n1. The van der Waals surface area contributed by atoms with Crippen LogP contribution in [0.4, 0.5) is 5.13 Å². The number of nitrogens with zero attached hydrogens (tertiary/aromatic N) is 4. The van der Waals surface area contributed by atoms with Crippen molar-refractivity contribution in [1.82, 2.24) is 14.6 Å². The van der Waals surface area contributed by atoms with Gasteiger partial charge in [0.05, 0.1) is 18.0 Å². The Kier molecular flexibility index (Phi) is 4.83. The molecule has 2 aromatic heterocycles. The van der Waals surface area contributed by atoms with Gasteiger partial charge in [0.15, 0.2) is 5.13 Å². The summed E-state index contributed by atoms with van der Waals surface area (Å²) in [4.78, 5) is 30.3. The van der Waals surface area contributed by atoms with Crippen LogP contribution in [0.15, 0.2) is 71.1 Å². The van der Waals surface area contributed by atoms with Gasteiger partial charge in [-0.1, -0.05) is 48.5 Å². The summed E-state index contributed by atoms with van der Waals surface area (Å²) in [7, 11) is 0. The van der Waals surface area contributed by atoms with E-state index in [4.69, 9.17) is 0 Å². The van der Waals surface area contributed by atoms with E-state index in [2.05, 4.69) is 15.4 Å². The number of nitrogens with one attached hydrogen (secondary N) is 1. The predicted octanol–water partition coefficient (Wildman–Crippen LogP) is 3.91. The third-order valence-corrected chi connectivity index (χ3v) is 5.95. The molecule has 0 unspecified atom stereocenters. The zero-order valence-electron chi connectivity index (χ0n) is 16.8. The van der Waals surface area contributed by atoms with Crippen LogP contribution in [-0.2, 0) is 11.3 Å². The van der Waals surface area contributed by atoms with Crippen molar-refractivity contribution in [3.8, 4) is 0 Å². The number of amides is 2. The summed E-state index contributed by atoms with van der Waals surface area (Å²) in [6.45, 7) is 2.09. The van der Waals surface area contributed by atoms with E-state index >= 15 is 0 Å². The number of carbonyl (C=O) groups excluding carboxylic acids is 2. The molecule has 2 aromatic carbocycles. The average Bonchev–Trinajstić information content (AvgIpc) is 3.32. The lowest BCUT2D eigenvalue weighted by molar-refractivity contribution is -0.116. The van der Waals surface area contributed by atoms with Gasteiger partial charge in [-0.05, 0) is 24.6 Å². The van der Waals surface area contributed by atoms with Gasteiger partial charge in [-0.3, -0.25) is 9.59 Å². The van der Waals surface area contributed by atoms with Crippen LogP contribution < -0.4 is 5.32 Å². The molecule has 0 saturated heterocycles. The Morgan fingerprint density at radius 3 is 2.68 bits per heavy atom. The average molecular weight is 430 g/mol. The summed E-state index contributed by atoms with van der Waals surface area (Å²) in [6.07, 6.45) is 0. The summed E-state index contributed by atoms with van der Waals surface area (Å²) in [6, 6.07) is 19.4. The number of hydrogen-bond donors (Lipinski definition) is 1. The first-order valence-corrected chi connectivity index (χ1v) is 10.7. The van der Waals surface area contributed by atoms with E-state index < -0.39 is 0 Å². The minimum Gasteiger partial charge on any atom is -0.330 e. The molecule has 4 aromatic rings. The highest BCUT2D eigenvalue weighted by Gasteiger charge is 2.28. The fourth-order valence-electron chi connectivity index (χ4n) is 3.66.